The average molecular weight is 252 g/mol. The van der Waals surface area contributed by atoms with Gasteiger partial charge >= 0.3 is 0 Å². The van der Waals surface area contributed by atoms with E-state index < -0.39 is 0 Å². The monoisotopic (exact) mass is 252 g/mol. The summed E-state index contributed by atoms with van der Waals surface area (Å²) in [7, 11) is 0. The molecule has 0 spiro atoms. The van der Waals surface area contributed by atoms with E-state index in [0.29, 0.717) is 5.92 Å². The molecule has 1 saturated heterocycles. The number of hydrogen-bond donors (Lipinski definition) is 1. The highest BCUT2D eigenvalue weighted by Crippen LogP contribution is 2.25. The van der Waals surface area contributed by atoms with E-state index in [2.05, 4.69) is 5.32 Å². The molecule has 2 aliphatic rings. The number of nitrogens with one attached hydrogen (secondary N) is 1. The quantitative estimate of drug-likeness (QED) is 0.828. The molecule has 18 heavy (non-hydrogen) atoms. The van der Waals surface area contributed by atoms with Gasteiger partial charge in [-0.2, -0.15) is 0 Å². The van der Waals surface area contributed by atoms with Crippen LogP contribution in [0.4, 0.5) is 0 Å². The Morgan fingerprint density at radius 2 is 1.72 bits per heavy atom. The van der Waals surface area contributed by atoms with Crippen LogP contribution < -0.4 is 5.32 Å². The summed E-state index contributed by atoms with van der Waals surface area (Å²) in [5.41, 5.74) is 0. The maximum atomic E-state index is 11.9. The third-order valence-electron chi connectivity index (χ3n) is 4.35. The SMILES string of the molecule is CC(=O)N1CCC(CNC(=O)C2CCCC2)CC1. The van der Waals surface area contributed by atoms with Gasteiger partial charge in [-0.15, -0.1) is 0 Å². The van der Waals surface area contributed by atoms with Crippen LogP contribution in [0, 0.1) is 11.8 Å². The van der Waals surface area contributed by atoms with Gasteiger partial charge in [0.25, 0.3) is 0 Å². The lowest BCUT2D eigenvalue weighted by Gasteiger charge is -2.31. The Kier molecular flexibility index (Phi) is 4.61. The second-order valence-electron chi connectivity index (χ2n) is 5.68. The number of piperidine rings is 1. The first-order valence-corrected chi connectivity index (χ1v) is 7.20. The number of amides is 2. The summed E-state index contributed by atoms with van der Waals surface area (Å²) in [6.45, 7) is 4.11. The number of carbonyl (C=O) groups excluding carboxylic acids is 2. The summed E-state index contributed by atoms with van der Waals surface area (Å²) in [5.74, 6) is 1.23. The molecular weight excluding hydrogens is 228 g/mol. The second kappa shape index (κ2) is 6.21. The molecule has 2 amide bonds. The Hall–Kier alpha value is -1.06. The summed E-state index contributed by atoms with van der Waals surface area (Å²) in [5, 5.41) is 3.10. The third-order valence-corrected chi connectivity index (χ3v) is 4.35. The molecule has 0 bridgehead atoms. The third kappa shape index (κ3) is 3.47. The molecule has 4 nitrogen and oxygen atoms in total. The predicted molar refractivity (Wildman–Crippen MR) is 69.9 cm³/mol. The number of rotatable bonds is 3. The van der Waals surface area contributed by atoms with Crippen LogP contribution in [0.3, 0.4) is 0 Å². The van der Waals surface area contributed by atoms with Gasteiger partial charge in [-0.05, 0) is 31.6 Å². The first-order valence-electron chi connectivity index (χ1n) is 7.20. The normalized spacial score (nSPS) is 22.2. The zero-order chi connectivity index (χ0) is 13.0. The molecule has 1 saturated carbocycles. The highest BCUT2D eigenvalue weighted by molar-refractivity contribution is 5.78. The van der Waals surface area contributed by atoms with E-state index in [1.54, 1.807) is 6.92 Å². The van der Waals surface area contributed by atoms with Gasteiger partial charge in [0.05, 0.1) is 0 Å². The van der Waals surface area contributed by atoms with Gasteiger partial charge < -0.3 is 10.2 Å². The molecule has 0 radical (unpaired) electrons. The molecule has 0 atom stereocenters. The van der Waals surface area contributed by atoms with Crippen molar-refractivity contribution in [2.24, 2.45) is 11.8 Å². The fourth-order valence-corrected chi connectivity index (χ4v) is 3.03. The van der Waals surface area contributed by atoms with Crippen LogP contribution >= 0.6 is 0 Å². The fraction of sp³-hybridized carbons (Fsp3) is 0.857. The Balaban J connectivity index is 1.65. The minimum atomic E-state index is 0.170. The summed E-state index contributed by atoms with van der Waals surface area (Å²) < 4.78 is 0. The van der Waals surface area contributed by atoms with Crippen LogP contribution in [0.2, 0.25) is 0 Å². The maximum absolute atomic E-state index is 11.9. The van der Waals surface area contributed by atoms with Crippen molar-refractivity contribution in [2.75, 3.05) is 19.6 Å². The summed E-state index contributed by atoms with van der Waals surface area (Å²) >= 11 is 0. The van der Waals surface area contributed by atoms with Crippen molar-refractivity contribution in [1.82, 2.24) is 10.2 Å². The molecule has 1 aliphatic heterocycles. The van der Waals surface area contributed by atoms with Crippen molar-refractivity contribution in [2.45, 2.75) is 45.4 Å². The fourth-order valence-electron chi connectivity index (χ4n) is 3.03. The lowest BCUT2D eigenvalue weighted by Crippen LogP contribution is -2.41. The Labute approximate surface area is 109 Å². The molecule has 2 rings (SSSR count). The molecule has 1 N–H and O–H groups in total. The van der Waals surface area contributed by atoms with E-state index >= 15 is 0 Å². The van der Waals surface area contributed by atoms with Crippen LogP contribution in [0.5, 0.6) is 0 Å². The standard InChI is InChI=1S/C14H24N2O2/c1-11(17)16-8-6-12(7-9-16)10-15-14(18)13-4-2-3-5-13/h12-13H,2-10H2,1H3,(H,15,18). The highest BCUT2D eigenvalue weighted by Gasteiger charge is 2.25. The number of hydrogen-bond acceptors (Lipinski definition) is 2. The Morgan fingerprint density at radius 1 is 1.11 bits per heavy atom. The molecule has 0 aromatic carbocycles. The van der Waals surface area contributed by atoms with Crippen LogP contribution in [-0.4, -0.2) is 36.3 Å². The van der Waals surface area contributed by atoms with E-state index in [1.165, 1.54) is 12.8 Å². The average Bonchev–Trinajstić information content (AvgIpc) is 2.90. The van der Waals surface area contributed by atoms with E-state index in [4.69, 9.17) is 0 Å². The summed E-state index contributed by atoms with van der Waals surface area (Å²) in [4.78, 5) is 25.0. The van der Waals surface area contributed by atoms with Gasteiger partial charge in [-0.3, -0.25) is 9.59 Å². The number of nitrogens with zero attached hydrogens (tertiary/aromatic N) is 1. The van der Waals surface area contributed by atoms with Crippen molar-refractivity contribution >= 4 is 11.8 Å². The lowest BCUT2D eigenvalue weighted by atomic mass is 9.96. The zero-order valence-corrected chi connectivity index (χ0v) is 11.3. The van der Waals surface area contributed by atoms with E-state index in [0.717, 1.165) is 45.3 Å². The Bertz CT molecular complexity index is 303. The van der Waals surface area contributed by atoms with Crippen LogP contribution in [0.1, 0.15) is 45.4 Å². The smallest absolute Gasteiger partial charge is 0.223 e. The molecule has 2 fully saturated rings. The van der Waals surface area contributed by atoms with Crippen LogP contribution in [-0.2, 0) is 9.59 Å². The molecule has 0 aromatic rings. The molecule has 0 aromatic heterocycles. The molecule has 0 unspecified atom stereocenters. The van der Waals surface area contributed by atoms with E-state index in [9.17, 15) is 9.59 Å². The molecule has 4 heteroatoms. The van der Waals surface area contributed by atoms with Gasteiger partial charge in [-0.25, -0.2) is 0 Å². The van der Waals surface area contributed by atoms with E-state index in [-0.39, 0.29) is 17.7 Å². The summed E-state index contributed by atoms with van der Waals surface area (Å²) in [6, 6.07) is 0. The lowest BCUT2D eigenvalue weighted by molar-refractivity contribution is -0.130. The minimum Gasteiger partial charge on any atom is -0.356 e. The van der Waals surface area contributed by atoms with Gasteiger partial charge in [0.15, 0.2) is 0 Å². The number of carbonyl (C=O) groups is 2. The second-order valence-corrected chi connectivity index (χ2v) is 5.68. The van der Waals surface area contributed by atoms with Crippen LogP contribution in [0.25, 0.3) is 0 Å². The summed E-state index contributed by atoms with van der Waals surface area (Å²) in [6.07, 6.45) is 6.57. The largest absolute Gasteiger partial charge is 0.356 e. The minimum absolute atomic E-state index is 0.170. The van der Waals surface area contributed by atoms with Crippen molar-refractivity contribution in [1.29, 1.82) is 0 Å². The zero-order valence-electron chi connectivity index (χ0n) is 11.3. The van der Waals surface area contributed by atoms with Crippen molar-refractivity contribution < 1.29 is 9.59 Å². The Morgan fingerprint density at radius 3 is 2.28 bits per heavy atom. The first-order chi connectivity index (χ1) is 8.66. The molecule has 102 valence electrons. The maximum Gasteiger partial charge on any atom is 0.223 e. The first kappa shape index (κ1) is 13.4. The van der Waals surface area contributed by atoms with Crippen molar-refractivity contribution in [3.8, 4) is 0 Å². The van der Waals surface area contributed by atoms with Gasteiger partial charge in [0.2, 0.25) is 11.8 Å². The van der Waals surface area contributed by atoms with Crippen molar-refractivity contribution in [3.63, 3.8) is 0 Å². The highest BCUT2D eigenvalue weighted by atomic mass is 16.2. The predicted octanol–water partition coefficient (Wildman–Crippen LogP) is 1.55. The molecule has 1 aliphatic carbocycles. The number of likely N-dealkylation sites (tertiary alicyclic amines) is 1. The van der Waals surface area contributed by atoms with Gasteiger partial charge in [0, 0.05) is 32.5 Å². The molecular formula is C14H24N2O2. The van der Waals surface area contributed by atoms with Gasteiger partial charge in [0.1, 0.15) is 0 Å². The van der Waals surface area contributed by atoms with Gasteiger partial charge in [-0.1, -0.05) is 12.8 Å². The molecule has 1 heterocycles. The topological polar surface area (TPSA) is 49.4 Å². The van der Waals surface area contributed by atoms with Crippen molar-refractivity contribution in [3.05, 3.63) is 0 Å². The van der Waals surface area contributed by atoms with E-state index in [1.807, 2.05) is 4.90 Å². The van der Waals surface area contributed by atoms with Crippen LogP contribution in [0.15, 0.2) is 0 Å².